The lowest BCUT2D eigenvalue weighted by molar-refractivity contribution is -0.137. The number of nitrogens with one attached hydrogen (secondary N) is 2. The molecule has 1 atom stereocenters. The predicted octanol–water partition coefficient (Wildman–Crippen LogP) is 2.61. The fourth-order valence-electron chi connectivity index (χ4n) is 4.99. The van der Waals surface area contributed by atoms with Gasteiger partial charge in [-0.25, -0.2) is 0 Å². The number of amides is 3. The summed E-state index contributed by atoms with van der Waals surface area (Å²) in [5, 5.41) is 6.58. The number of para-hydroxylation sites is 1. The number of hydrogen-bond donors (Lipinski definition) is 2. The Morgan fingerprint density at radius 3 is 2.52 bits per heavy atom. The summed E-state index contributed by atoms with van der Waals surface area (Å²) in [6, 6.07) is 14.9. The lowest BCUT2D eigenvalue weighted by Crippen LogP contribution is -2.63. The number of piperidine rings is 1. The first-order valence-corrected chi connectivity index (χ1v) is 11.5. The molecule has 8 nitrogen and oxygen atoms in total. The number of anilines is 2. The van der Waals surface area contributed by atoms with E-state index >= 15 is 0 Å². The Balaban J connectivity index is 1.21. The Morgan fingerprint density at radius 2 is 1.79 bits per heavy atom. The van der Waals surface area contributed by atoms with Gasteiger partial charge in [0.2, 0.25) is 11.8 Å². The molecule has 2 fully saturated rings. The molecule has 2 saturated heterocycles. The molecule has 3 aliphatic heterocycles. The molecule has 3 heterocycles. The maximum Gasteiger partial charge on any atom is 0.255 e. The van der Waals surface area contributed by atoms with E-state index in [0.29, 0.717) is 44.6 Å². The van der Waals surface area contributed by atoms with Crippen molar-refractivity contribution in [1.82, 2.24) is 10.2 Å². The number of nitrogens with zero attached hydrogens (tertiary/aromatic N) is 2. The van der Waals surface area contributed by atoms with Gasteiger partial charge in [0, 0.05) is 50.3 Å². The fraction of sp³-hybridized carbons (Fsp3) is 0.400. The molecule has 2 aromatic carbocycles. The molecule has 172 valence electrons. The summed E-state index contributed by atoms with van der Waals surface area (Å²) in [5.74, 6) is 0.288. The summed E-state index contributed by atoms with van der Waals surface area (Å²) >= 11 is 0. The van der Waals surface area contributed by atoms with Crippen LogP contribution in [0.4, 0.5) is 11.4 Å². The highest BCUT2D eigenvalue weighted by Crippen LogP contribution is 2.33. The summed E-state index contributed by atoms with van der Waals surface area (Å²) in [7, 11) is 0. The molecule has 8 heteroatoms. The average Bonchev–Trinajstić information content (AvgIpc) is 3.21. The van der Waals surface area contributed by atoms with Crippen LogP contribution in [0.1, 0.15) is 36.5 Å². The molecule has 2 aromatic rings. The molecule has 0 bridgehead atoms. The lowest BCUT2D eigenvalue weighted by Gasteiger charge is -2.46. The van der Waals surface area contributed by atoms with Crippen molar-refractivity contribution in [2.45, 2.75) is 31.8 Å². The van der Waals surface area contributed by atoms with Gasteiger partial charge >= 0.3 is 0 Å². The van der Waals surface area contributed by atoms with Gasteiger partial charge in [-0.05, 0) is 43.3 Å². The van der Waals surface area contributed by atoms with E-state index in [2.05, 4.69) is 10.6 Å². The van der Waals surface area contributed by atoms with Crippen LogP contribution in [0.15, 0.2) is 48.5 Å². The monoisotopic (exact) mass is 448 g/mol. The molecule has 3 amide bonds. The van der Waals surface area contributed by atoms with Crippen LogP contribution < -0.4 is 20.3 Å². The summed E-state index contributed by atoms with van der Waals surface area (Å²) in [6.45, 7) is 3.95. The Kier molecular flexibility index (Phi) is 5.44. The number of likely N-dealkylation sites (tertiary alicyclic amines) is 1. The van der Waals surface area contributed by atoms with Crippen LogP contribution in [0.2, 0.25) is 0 Å². The lowest BCUT2D eigenvalue weighted by atomic mass is 9.91. The van der Waals surface area contributed by atoms with E-state index in [1.54, 1.807) is 11.0 Å². The normalized spacial score (nSPS) is 21.4. The van der Waals surface area contributed by atoms with Crippen molar-refractivity contribution >= 4 is 29.1 Å². The van der Waals surface area contributed by atoms with Crippen molar-refractivity contribution in [2.75, 3.05) is 36.5 Å². The van der Waals surface area contributed by atoms with Crippen LogP contribution in [0, 0.1) is 5.92 Å². The van der Waals surface area contributed by atoms with E-state index in [1.165, 1.54) is 0 Å². The molecule has 0 radical (unpaired) electrons. The van der Waals surface area contributed by atoms with Gasteiger partial charge in [-0.2, -0.15) is 0 Å². The van der Waals surface area contributed by atoms with Crippen LogP contribution in [0.25, 0.3) is 0 Å². The highest BCUT2D eigenvalue weighted by atomic mass is 16.5. The van der Waals surface area contributed by atoms with E-state index in [9.17, 15) is 14.4 Å². The molecule has 0 aromatic heterocycles. The second kappa shape index (κ2) is 8.42. The standard InChI is InChI=1S/C25H28N4O4/c1-2-33-19-9-7-18(8-10-19)29-16-17(15-22(29)30)24(32)28-13-11-25(12-14-28)26-21-6-4-3-5-20(21)23(31)27-25/h3-10,17,26H,2,11-16H2,1H3,(H,27,31)/t17-/m1/s1. The van der Waals surface area contributed by atoms with Gasteiger partial charge in [-0.3, -0.25) is 14.4 Å². The highest BCUT2D eigenvalue weighted by molar-refractivity contribution is 6.02. The van der Waals surface area contributed by atoms with Crippen LogP contribution >= 0.6 is 0 Å². The minimum Gasteiger partial charge on any atom is -0.494 e. The summed E-state index contributed by atoms with van der Waals surface area (Å²) in [5.41, 5.74) is 1.71. The highest BCUT2D eigenvalue weighted by Gasteiger charge is 2.43. The fourth-order valence-corrected chi connectivity index (χ4v) is 4.99. The maximum atomic E-state index is 13.2. The molecule has 0 saturated carbocycles. The zero-order valence-corrected chi connectivity index (χ0v) is 18.7. The molecule has 1 spiro atoms. The summed E-state index contributed by atoms with van der Waals surface area (Å²) < 4.78 is 5.47. The molecular weight excluding hydrogens is 420 g/mol. The number of carbonyl (C=O) groups is 3. The predicted molar refractivity (Wildman–Crippen MR) is 124 cm³/mol. The number of rotatable bonds is 4. The number of carbonyl (C=O) groups excluding carboxylic acids is 3. The van der Waals surface area contributed by atoms with Crippen molar-refractivity contribution in [3.8, 4) is 5.75 Å². The van der Waals surface area contributed by atoms with Crippen molar-refractivity contribution in [3.05, 3.63) is 54.1 Å². The third-order valence-corrected chi connectivity index (χ3v) is 6.76. The van der Waals surface area contributed by atoms with Gasteiger partial charge in [0.15, 0.2) is 0 Å². The molecule has 5 rings (SSSR count). The molecular formula is C25H28N4O4. The smallest absolute Gasteiger partial charge is 0.255 e. The number of fused-ring (bicyclic) bond motifs is 1. The second-order valence-corrected chi connectivity index (χ2v) is 8.86. The topological polar surface area (TPSA) is 91.0 Å². The minimum atomic E-state index is -0.540. The van der Waals surface area contributed by atoms with E-state index < -0.39 is 5.66 Å². The van der Waals surface area contributed by atoms with Crippen LogP contribution in [-0.4, -0.2) is 54.5 Å². The number of ether oxygens (including phenoxy) is 1. The van der Waals surface area contributed by atoms with Crippen LogP contribution in [0.3, 0.4) is 0 Å². The van der Waals surface area contributed by atoms with Crippen molar-refractivity contribution in [3.63, 3.8) is 0 Å². The third-order valence-electron chi connectivity index (χ3n) is 6.76. The zero-order chi connectivity index (χ0) is 23.0. The summed E-state index contributed by atoms with van der Waals surface area (Å²) in [6.07, 6.45) is 1.44. The second-order valence-electron chi connectivity index (χ2n) is 8.86. The van der Waals surface area contributed by atoms with Crippen LogP contribution in [0.5, 0.6) is 5.75 Å². The third kappa shape index (κ3) is 4.01. The Hall–Kier alpha value is -3.55. The maximum absolute atomic E-state index is 13.2. The Labute approximate surface area is 192 Å². The SMILES string of the molecule is CCOc1ccc(N2C[C@H](C(=O)N3CCC4(CC3)NC(=O)c3ccccc3N4)CC2=O)cc1. The minimum absolute atomic E-state index is 0.00849. The first-order chi connectivity index (χ1) is 16.0. The van der Waals surface area contributed by atoms with Gasteiger partial charge in [0.05, 0.1) is 18.1 Å². The largest absolute Gasteiger partial charge is 0.494 e. The van der Waals surface area contributed by atoms with Gasteiger partial charge in [-0.15, -0.1) is 0 Å². The Bertz CT molecular complexity index is 1080. The quantitative estimate of drug-likeness (QED) is 0.750. The van der Waals surface area contributed by atoms with Gasteiger partial charge < -0.3 is 25.2 Å². The van der Waals surface area contributed by atoms with Gasteiger partial charge in [-0.1, -0.05) is 12.1 Å². The van der Waals surface area contributed by atoms with E-state index in [1.807, 2.05) is 54.3 Å². The van der Waals surface area contributed by atoms with Crippen molar-refractivity contribution in [1.29, 1.82) is 0 Å². The van der Waals surface area contributed by atoms with Gasteiger partial charge in [0.25, 0.3) is 5.91 Å². The molecule has 0 aliphatic carbocycles. The molecule has 33 heavy (non-hydrogen) atoms. The van der Waals surface area contributed by atoms with E-state index in [0.717, 1.165) is 17.1 Å². The molecule has 2 N–H and O–H groups in total. The average molecular weight is 449 g/mol. The van der Waals surface area contributed by atoms with Crippen LogP contribution in [-0.2, 0) is 9.59 Å². The first-order valence-electron chi connectivity index (χ1n) is 11.5. The van der Waals surface area contributed by atoms with Crippen molar-refractivity contribution in [2.24, 2.45) is 5.92 Å². The number of hydrogen-bond acceptors (Lipinski definition) is 5. The van der Waals surface area contributed by atoms with E-state index in [4.69, 9.17) is 4.74 Å². The number of benzene rings is 2. The summed E-state index contributed by atoms with van der Waals surface area (Å²) in [4.78, 5) is 41.9. The van der Waals surface area contributed by atoms with E-state index in [-0.39, 0.29) is 30.1 Å². The first kappa shape index (κ1) is 21.3. The Morgan fingerprint density at radius 1 is 1.06 bits per heavy atom. The van der Waals surface area contributed by atoms with Gasteiger partial charge in [0.1, 0.15) is 11.4 Å². The zero-order valence-electron chi connectivity index (χ0n) is 18.7. The van der Waals surface area contributed by atoms with Crippen molar-refractivity contribution < 1.29 is 19.1 Å². The molecule has 3 aliphatic rings. The molecule has 0 unspecified atom stereocenters.